The molecule has 0 spiro atoms. The van der Waals surface area contributed by atoms with E-state index in [2.05, 4.69) is 4.74 Å². The summed E-state index contributed by atoms with van der Waals surface area (Å²) in [6.07, 6.45) is 0. The van der Waals surface area contributed by atoms with Crippen molar-refractivity contribution < 1.29 is 17.9 Å². The monoisotopic (exact) mass is 340 g/mol. The van der Waals surface area contributed by atoms with Gasteiger partial charge in [0.25, 0.3) is 0 Å². The van der Waals surface area contributed by atoms with Crippen LogP contribution in [0.15, 0.2) is 30.3 Å². The molecule has 0 saturated carbocycles. The van der Waals surface area contributed by atoms with E-state index in [-0.39, 0.29) is 26.2 Å². The normalized spacial score (nSPS) is 10.9. The van der Waals surface area contributed by atoms with Gasteiger partial charge in [0.15, 0.2) is 11.6 Å². The molecule has 20 heavy (non-hydrogen) atoms. The maximum Gasteiger partial charge on any atom is 0.387 e. The molecule has 2 aromatic carbocycles. The lowest BCUT2D eigenvalue weighted by molar-refractivity contribution is -0.0517. The maximum atomic E-state index is 13.7. The number of ether oxygens (including phenoxy) is 1. The van der Waals surface area contributed by atoms with Gasteiger partial charge >= 0.3 is 6.61 Å². The lowest BCUT2D eigenvalue weighted by Gasteiger charge is -2.14. The fraction of sp³-hybridized carbons (Fsp3) is 0.0769. The molecule has 0 aliphatic carbocycles. The Morgan fingerprint density at radius 2 is 1.60 bits per heavy atom. The van der Waals surface area contributed by atoms with Crippen LogP contribution in [0.5, 0.6) is 5.75 Å². The van der Waals surface area contributed by atoms with E-state index in [0.717, 1.165) is 6.07 Å². The van der Waals surface area contributed by atoms with E-state index >= 15 is 0 Å². The summed E-state index contributed by atoms with van der Waals surface area (Å²) >= 11 is 17.9. The molecule has 0 N–H and O–H groups in total. The molecule has 0 unspecified atom stereocenters. The molecular weight excluding hydrogens is 335 g/mol. The van der Waals surface area contributed by atoms with Crippen molar-refractivity contribution in [2.45, 2.75) is 6.61 Å². The van der Waals surface area contributed by atoms with Gasteiger partial charge in [0, 0.05) is 11.1 Å². The van der Waals surface area contributed by atoms with Crippen molar-refractivity contribution in [1.82, 2.24) is 0 Å². The van der Waals surface area contributed by atoms with E-state index in [0.29, 0.717) is 0 Å². The largest absolute Gasteiger partial charge is 0.431 e. The average Bonchev–Trinajstić information content (AvgIpc) is 2.38. The first-order chi connectivity index (χ1) is 9.41. The number of benzene rings is 2. The minimum atomic E-state index is -3.18. The second-order valence-corrected chi connectivity index (χ2v) is 4.91. The molecule has 0 amide bonds. The van der Waals surface area contributed by atoms with Crippen LogP contribution >= 0.6 is 34.8 Å². The van der Waals surface area contributed by atoms with Crippen molar-refractivity contribution in [1.29, 1.82) is 0 Å². The van der Waals surface area contributed by atoms with Crippen molar-refractivity contribution >= 4 is 34.8 Å². The smallest absolute Gasteiger partial charge is 0.387 e. The summed E-state index contributed by atoms with van der Waals surface area (Å²) in [5.74, 6) is -1.58. The SMILES string of the molecule is Fc1cccc(-c2c(Cl)ccc(Cl)c2Cl)c1OC(F)F. The van der Waals surface area contributed by atoms with Crippen LogP contribution in [-0.4, -0.2) is 6.61 Å². The summed E-state index contributed by atoms with van der Waals surface area (Å²) in [5, 5.41) is 0.339. The molecule has 2 aromatic rings. The Bertz CT molecular complexity index is 647. The first-order valence-corrected chi connectivity index (χ1v) is 6.42. The molecule has 1 nitrogen and oxygen atoms in total. The quantitative estimate of drug-likeness (QED) is 0.617. The van der Waals surface area contributed by atoms with Crippen molar-refractivity contribution in [3.8, 4) is 16.9 Å². The zero-order chi connectivity index (χ0) is 14.9. The third kappa shape index (κ3) is 2.97. The fourth-order valence-corrected chi connectivity index (χ4v) is 2.42. The summed E-state index contributed by atoms with van der Waals surface area (Å²) in [5.41, 5.74) is 0.138. The van der Waals surface area contributed by atoms with Gasteiger partial charge < -0.3 is 4.74 Å². The Morgan fingerprint density at radius 3 is 2.25 bits per heavy atom. The lowest BCUT2D eigenvalue weighted by Crippen LogP contribution is -2.05. The third-order valence-corrected chi connectivity index (χ3v) is 3.61. The molecule has 0 aliphatic heterocycles. The van der Waals surface area contributed by atoms with E-state index in [1.807, 2.05) is 0 Å². The summed E-state index contributed by atoms with van der Waals surface area (Å²) in [4.78, 5) is 0. The highest BCUT2D eigenvalue weighted by atomic mass is 35.5. The number of para-hydroxylation sites is 1. The van der Waals surface area contributed by atoms with Gasteiger partial charge in [-0.3, -0.25) is 0 Å². The second kappa shape index (κ2) is 6.12. The molecule has 0 bridgehead atoms. The summed E-state index contributed by atoms with van der Waals surface area (Å²) in [6, 6.07) is 6.57. The minimum absolute atomic E-state index is 0.00259. The van der Waals surface area contributed by atoms with Crippen LogP contribution in [0.4, 0.5) is 13.2 Å². The van der Waals surface area contributed by atoms with Crippen LogP contribution in [0.1, 0.15) is 0 Å². The summed E-state index contributed by atoms with van der Waals surface area (Å²) in [6.45, 7) is -3.18. The number of alkyl halides is 2. The Balaban J connectivity index is 2.70. The molecule has 106 valence electrons. The van der Waals surface area contributed by atoms with Crippen molar-refractivity contribution in [3.63, 3.8) is 0 Å². The predicted molar refractivity (Wildman–Crippen MR) is 73.5 cm³/mol. The molecular formula is C13H6Cl3F3O. The van der Waals surface area contributed by atoms with Crippen molar-refractivity contribution in [3.05, 3.63) is 51.2 Å². The van der Waals surface area contributed by atoms with Crippen LogP contribution in [-0.2, 0) is 0 Å². The van der Waals surface area contributed by atoms with Crippen LogP contribution in [0.25, 0.3) is 11.1 Å². The zero-order valence-electron chi connectivity index (χ0n) is 9.64. The van der Waals surface area contributed by atoms with Gasteiger partial charge in [-0.05, 0) is 18.2 Å². The Morgan fingerprint density at radius 1 is 0.950 bits per heavy atom. The highest BCUT2D eigenvalue weighted by Crippen LogP contribution is 2.43. The highest BCUT2D eigenvalue weighted by molar-refractivity contribution is 6.46. The second-order valence-electron chi connectivity index (χ2n) is 3.71. The van der Waals surface area contributed by atoms with E-state index in [4.69, 9.17) is 34.8 Å². The van der Waals surface area contributed by atoms with Gasteiger partial charge in [0.05, 0.1) is 15.1 Å². The van der Waals surface area contributed by atoms with Gasteiger partial charge in [-0.1, -0.05) is 46.9 Å². The zero-order valence-corrected chi connectivity index (χ0v) is 11.9. The van der Waals surface area contributed by atoms with E-state index in [1.54, 1.807) is 0 Å². The van der Waals surface area contributed by atoms with E-state index in [1.165, 1.54) is 24.3 Å². The lowest BCUT2D eigenvalue weighted by atomic mass is 10.0. The molecule has 0 aromatic heterocycles. The Labute approximate surface area is 127 Å². The molecule has 0 radical (unpaired) electrons. The molecule has 7 heteroatoms. The topological polar surface area (TPSA) is 9.23 Å². The van der Waals surface area contributed by atoms with E-state index < -0.39 is 18.2 Å². The van der Waals surface area contributed by atoms with Crippen molar-refractivity contribution in [2.24, 2.45) is 0 Å². The highest BCUT2D eigenvalue weighted by Gasteiger charge is 2.20. The standard InChI is InChI=1S/C13H6Cl3F3O/c14-7-4-5-8(15)11(16)10(7)6-2-1-3-9(17)12(6)20-13(18)19/h1-5,13H. The first-order valence-electron chi connectivity index (χ1n) is 5.29. The average molecular weight is 342 g/mol. The molecule has 0 aliphatic rings. The molecule has 0 fully saturated rings. The molecule has 2 rings (SSSR count). The summed E-state index contributed by atoms with van der Waals surface area (Å²) in [7, 11) is 0. The van der Waals surface area contributed by atoms with Crippen molar-refractivity contribution in [2.75, 3.05) is 0 Å². The van der Waals surface area contributed by atoms with Gasteiger partial charge in [0.1, 0.15) is 0 Å². The van der Waals surface area contributed by atoms with Gasteiger partial charge in [-0.25, -0.2) is 4.39 Å². The Kier molecular flexibility index (Phi) is 4.68. The van der Waals surface area contributed by atoms with Gasteiger partial charge in [0.2, 0.25) is 0 Å². The Hall–Kier alpha value is -1.10. The number of hydrogen-bond acceptors (Lipinski definition) is 1. The fourth-order valence-electron chi connectivity index (χ4n) is 1.69. The maximum absolute atomic E-state index is 13.7. The number of halogens is 6. The molecule has 0 atom stereocenters. The molecule has 0 saturated heterocycles. The van der Waals surface area contributed by atoms with Crippen LogP contribution < -0.4 is 4.74 Å². The summed E-state index contributed by atoms with van der Waals surface area (Å²) < 4.78 is 42.7. The van der Waals surface area contributed by atoms with Gasteiger partial charge in [-0.15, -0.1) is 0 Å². The van der Waals surface area contributed by atoms with Crippen LogP contribution in [0.3, 0.4) is 0 Å². The number of rotatable bonds is 3. The minimum Gasteiger partial charge on any atom is -0.431 e. The predicted octanol–water partition coefficient (Wildman–Crippen LogP) is 6.05. The van der Waals surface area contributed by atoms with Gasteiger partial charge in [-0.2, -0.15) is 8.78 Å². The third-order valence-electron chi connectivity index (χ3n) is 2.49. The van der Waals surface area contributed by atoms with Crippen LogP contribution in [0.2, 0.25) is 15.1 Å². The number of hydrogen-bond donors (Lipinski definition) is 0. The first kappa shape index (κ1) is 15.3. The van der Waals surface area contributed by atoms with Crippen LogP contribution in [0, 0.1) is 5.82 Å². The molecule has 0 heterocycles. The van der Waals surface area contributed by atoms with E-state index in [9.17, 15) is 13.2 Å².